The molecule has 0 aliphatic heterocycles. The van der Waals surface area contributed by atoms with Gasteiger partial charge in [0.1, 0.15) is 5.75 Å². The lowest BCUT2D eigenvalue weighted by Gasteiger charge is -2.25. The highest BCUT2D eigenvalue weighted by Crippen LogP contribution is 2.20. The molecule has 116 valence electrons. The molecule has 21 heavy (non-hydrogen) atoms. The second-order valence-corrected chi connectivity index (χ2v) is 4.83. The minimum atomic E-state index is -0.630. The monoisotopic (exact) mass is 293 g/mol. The van der Waals surface area contributed by atoms with E-state index in [0.717, 1.165) is 11.3 Å². The summed E-state index contributed by atoms with van der Waals surface area (Å²) in [4.78, 5) is 25.0. The van der Waals surface area contributed by atoms with Gasteiger partial charge in [-0.1, -0.05) is 18.2 Å². The first-order valence-electron chi connectivity index (χ1n) is 6.88. The van der Waals surface area contributed by atoms with Gasteiger partial charge < -0.3 is 20.7 Å². The first-order valence-corrected chi connectivity index (χ1v) is 6.88. The third-order valence-corrected chi connectivity index (χ3v) is 3.31. The molecule has 2 amide bonds. The molecule has 1 aromatic rings. The Kier molecular flexibility index (Phi) is 6.68. The molecule has 0 fully saturated rings. The number of nitrogens with two attached hydrogens (primary N) is 1. The fraction of sp³-hybridized carbons (Fsp3) is 0.467. The summed E-state index contributed by atoms with van der Waals surface area (Å²) < 4.78 is 5.29. The molecule has 0 bridgehead atoms. The van der Waals surface area contributed by atoms with E-state index >= 15 is 0 Å². The van der Waals surface area contributed by atoms with Gasteiger partial charge in [0.2, 0.25) is 0 Å². The number of hydrogen-bond donors (Lipinski definition) is 2. The van der Waals surface area contributed by atoms with Crippen molar-refractivity contribution in [3.05, 3.63) is 29.8 Å². The Morgan fingerprint density at radius 2 is 2.05 bits per heavy atom. The molecular formula is C15H23N3O3. The maximum absolute atomic E-state index is 12.0. The van der Waals surface area contributed by atoms with E-state index in [1.165, 1.54) is 4.90 Å². The van der Waals surface area contributed by atoms with Gasteiger partial charge in [0, 0.05) is 26.2 Å². The van der Waals surface area contributed by atoms with Crippen molar-refractivity contribution in [1.29, 1.82) is 0 Å². The van der Waals surface area contributed by atoms with Crippen LogP contribution in [0, 0.1) is 0 Å². The smallest absolute Gasteiger partial charge is 0.311 e. The number of carbonyl (C=O) groups excluding carboxylic acids is 2. The molecule has 3 N–H and O–H groups in total. The number of amides is 2. The largest absolute Gasteiger partial charge is 0.496 e. The Labute approximate surface area is 125 Å². The van der Waals surface area contributed by atoms with Crippen LogP contribution in [0.1, 0.15) is 12.5 Å². The molecule has 6 nitrogen and oxygen atoms in total. The standard InChI is InChI=1S/C15H23N3O3/c1-11(10-12-6-4-5-7-13(12)21-3)18(2)15(20)14(19)17-9-8-16/h4-7,11H,8-10,16H2,1-3H3,(H,17,19). The van der Waals surface area contributed by atoms with Crippen LogP contribution < -0.4 is 15.8 Å². The van der Waals surface area contributed by atoms with E-state index in [1.54, 1.807) is 14.2 Å². The van der Waals surface area contributed by atoms with Crippen molar-refractivity contribution in [2.24, 2.45) is 5.73 Å². The fourth-order valence-electron chi connectivity index (χ4n) is 1.95. The molecule has 0 saturated heterocycles. The first kappa shape index (κ1) is 17.0. The van der Waals surface area contributed by atoms with Crippen molar-refractivity contribution in [3.63, 3.8) is 0 Å². The van der Waals surface area contributed by atoms with E-state index in [2.05, 4.69) is 5.32 Å². The van der Waals surface area contributed by atoms with E-state index < -0.39 is 11.8 Å². The van der Waals surface area contributed by atoms with Gasteiger partial charge in [-0.2, -0.15) is 0 Å². The summed E-state index contributed by atoms with van der Waals surface area (Å²) in [5.74, 6) is -0.418. The summed E-state index contributed by atoms with van der Waals surface area (Å²) >= 11 is 0. The van der Waals surface area contributed by atoms with E-state index in [0.29, 0.717) is 19.5 Å². The molecule has 0 aliphatic rings. The highest BCUT2D eigenvalue weighted by atomic mass is 16.5. The van der Waals surface area contributed by atoms with Crippen LogP contribution in [0.4, 0.5) is 0 Å². The Balaban J connectivity index is 2.67. The van der Waals surface area contributed by atoms with E-state index in [9.17, 15) is 9.59 Å². The van der Waals surface area contributed by atoms with Crippen molar-refractivity contribution >= 4 is 11.8 Å². The van der Waals surface area contributed by atoms with Gasteiger partial charge in [-0.15, -0.1) is 0 Å². The molecule has 6 heteroatoms. The Hall–Kier alpha value is -2.08. The number of carbonyl (C=O) groups is 2. The number of likely N-dealkylation sites (N-methyl/N-ethyl adjacent to an activating group) is 1. The van der Waals surface area contributed by atoms with E-state index in [-0.39, 0.29) is 6.04 Å². The zero-order valence-corrected chi connectivity index (χ0v) is 12.8. The average Bonchev–Trinajstić information content (AvgIpc) is 2.51. The molecule has 1 rings (SSSR count). The van der Waals surface area contributed by atoms with Gasteiger partial charge >= 0.3 is 11.8 Å². The van der Waals surface area contributed by atoms with Crippen LogP contribution in [0.25, 0.3) is 0 Å². The molecule has 0 heterocycles. The van der Waals surface area contributed by atoms with Crippen LogP contribution in [-0.2, 0) is 16.0 Å². The third kappa shape index (κ3) is 4.75. The number of methoxy groups -OCH3 is 1. The molecule has 0 spiro atoms. The van der Waals surface area contributed by atoms with Crippen LogP contribution in [0.2, 0.25) is 0 Å². The Bertz CT molecular complexity index is 491. The minimum absolute atomic E-state index is 0.127. The van der Waals surface area contributed by atoms with Crippen LogP contribution in [0.5, 0.6) is 5.75 Å². The lowest BCUT2D eigenvalue weighted by molar-refractivity contribution is -0.146. The van der Waals surface area contributed by atoms with Gasteiger partial charge in [0.15, 0.2) is 0 Å². The number of hydrogen-bond acceptors (Lipinski definition) is 4. The minimum Gasteiger partial charge on any atom is -0.496 e. The summed E-state index contributed by atoms with van der Waals surface area (Å²) in [5.41, 5.74) is 6.29. The van der Waals surface area contributed by atoms with Crippen molar-refractivity contribution in [3.8, 4) is 5.75 Å². The van der Waals surface area contributed by atoms with Crippen LogP contribution in [0.15, 0.2) is 24.3 Å². The van der Waals surface area contributed by atoms with Crippen molar-refractivity contribution in [2.75, 3.05) is 27.2 Å². The second kappa shape index (κ2) is 8.26. The zero-order chi connectivity index (χ0) is 15.8. The number of nitrogens with zero attached hydrogens (tertiary/aromatic N) is 1. The number of para-hydroxylation sites is 1. The predicted molar refractivity (Wildman–Crippen MR) is 81.0 cm³/mol. The highest BCUT2D eigenvalue weighted by molar-refractivity contribution is 6.35. The molecule has 0 radical (unpaired) electrons. The molecule has 1 atom stereocenters. The number of ether oxygens (including phenoxy) is 1. The van der Waals surface area contributed by atoms with Gasteiger partial charge in [-0.3, -0.25) is 9.59 Å². The number of rotatable bonds is 6. The summed E-state index contributed by atoms with van der Waals surface area (Å²) in [6.45, 7) is 2.49. The summed E-state index contributed by atoms with van der Waals surface area (Å²) in [6, 6.07) is 7.50. The van der Waals surface area contributed by atoms with Crippen molar-refractivity contribution in [2.45, 2.75) is 19.4 Å². The van der Waals surface area contributed by atoms with Gasteiger partial charge in [0.25, 0.3) is 0 Å². The SMILES string of the molecule is COc1ccccc1CC(C)N(C)C(=O)C(=O)NCCN. The summed E-state index contributed by atoms with van der Waals surface area (Å²) in [6.07, 6.45) is 0.608. The van der Waals surface area contributed by atoms with E-state index in [4.69, 9.17) is 10.5 Å². The summed E-state index contributed by atoms with van der Waals surface area (Å²) in [7, 11) is 3.23. The van der Waals surface area contributed by atoms with Crippen molar-refractivity contribution in [1.82, 2.24) is 10.2 Å². The van der Waals surface area contributed by atoms with Crippen molar-refractivity contribution < 1.29 is 14.3 Å². The maximum Gasteiger partial charge on any atom is 0.311 e. The Morgan fingerprint density at radius 3 is 2.67 bits per heavy atom. The average molecular weight is 293 g/mol. The molecule has 0 saturated carbocycles. The second-order valence-electron chi connectivity index (χ2n) is 4.83. The Morgan fingerprint density at radius 1 is 1.38 bits per heavy atom. The molecule has 1 aromatic carbocycles. The quantitative estimate of drug-likeness (QED) is 0.732. The maximum atomic E-state index is 12.0. The topological polar surface area (TPSA) is 84.7 Å². The third-order valence-electron chi connectivity index (χ3n) is 3.31. The summed E-state index contributed by atoms with van der Waals surface area (Å²) in [5, 5.41) is 2.47. The van der Waals surface area contributed by atoms with E-state index in [1.807, 2.05) is 31.2 Å². The van der Waals surface area contributed by atoms with Gasteiger partial charge in [-0.25, -0.2) is 0 Å². The molecule has 0 aromatic heterocycles. The van der Waals surface area contributed by atoms with Crippen LogP contribution in [0.3, 0.4) is 0 Å². The van der Waals surface area contributed by atoms with Crippen LogP contribution >= 0.6 is 0 Å². The zero-order valence-electron chi connectivity index (χ0n) is 12.8. The first-order chi connectivity index (χ1) is 10.0. The number of benzene rings is 1. The van der Waals surface area contributed by atoms with Gasteiger partial charge in [0.05, 0.1) is 7.11 Å². The molecule has 0 aliphatic carbocycles. The van der Waals surface area contributed by atoms with Gasteiger partial charge in [-0.05, 0) is 25.0 Å². The fourth-order valence-corrected chi connectivity index (χ4v) is 1.95. The number of nitrogens with one attached hydrogen (secondary N) is 1. The lowest BCUT2D eigenvalue weighted by atomic mass is 10.1. The molecule has 1 unspecified atom stereocenters. The molecular weight excluding hydrogens is 270 g/mol. The van der Waals surface area contributed by atoms with Crippen LogP contribution in [-0.4, -0.2) is 50.0 Å². The predicted octanol–water partition coefficient (Wildman–Crippen LogP) is 0.160. The lowest BCUT2D eigenvalue weighted by Crippen LogP contribution is -2.46. The highest BCUT2D eigenvalue weighted by Gasteiger charge is 2.23. The normalized spacial score (nSPS) is 11.6.